The number of thiazole rings is 1. The van der Waals surface area contributed by atoms with Gasteiger partial charge in [0.25, 0.3) is 0 Å². The third-order valence-electron chi connectivity index (χ3n) is 4.24. The summed E-state index contributed by atoms with van der Waals surface area (Å²) in [5.41, 5.74) is 1.23. The lowest BCUT2D eigenvalue weighted by Gasteiger charge is -2.22. The van der Waals surface area contributed by atoms with Gasteiger partial charge >= 0.3 is 0 Å². The van der Waals surface area contributed by atoms with Gasteiger partial charge in [-0.1, -0.05) is 0 Å². The fourth-order valence-electron chi connectivity index (χ4n) is 2.74. The van der Waals surface area contributed by atoms with Crippen LogP contribution < -0.4 is 10.6 Å². The van der Waals surface area contributed by atoms with Gasteiger partial charge in [-0.15, -0.1) is 36.2 Å². The molecule has 1 amide bonds. The zero-order valence-corrected chi connectivity index (χ0v) is 15.1. The number of carbonyl (C=O) groups excluding carboxylic acids is 1. The van der Waals surface area contributed by atoms with Crippen molar-refractivity contribution in [3.8, 4) is 0 Å². The van der Waals surface area contributed by atoms with Crippen LogP contribution in [0.15, 0.2) is 5.38 Å². The first kappa shape index (κ1) is 19.7. The van der Waals surface area contributed by atoms with Crippen LogP contribution in [0, 0.1) is 5.92 Å². The Morgan fingerprint density at radius 2 is 2.00 bits per heavy atom. The molecule has 1 aromatic rings. The molecule has 2 aliphatic rings. The van der Waals surface area contributed by atoms with E-state index in [-0.39, 0.29) is 30.7 Å². The van der Waals surface area contributed by atoms with Crippen molar-refractivity contribution in [2.45, 2.75) is 51.0 Å². The van der Waals surface area contributed by atoms with E-state index in [9.17, 15) is 4.79 Å². The summed E-state index contributed by atoms with van der Waals surface area (Å²) in [5, 5.41) is 9.55. The Labute approximate surface area is 148 Å². The third kappa shape index (κ3) is 6.03. The summed E-state index contributed by atoms with van der Waals surface area (Å²) in [6, 6.07) is 0. The lowest BCUT2D eigenvalue weighted by molar-refractivity contribution is -0.121. The average Bonchev–Trinajstić information content (AvgIpc) is 3.23. The van der Waals surface area contributed by atoms with E-state index in [0.717, 1.165) is 30.4 Å². The van der Waals surface area contributed by atoms with Crippen molar-refractivity contribution in [1.29, 1.82) is 0 Å². The normalized spacial score (nSPS) is 18.2. The highest BCUT2D eigenvalue weighted by Gasteiger charge is 2.26. The highest BCUT2D eigenvalue weighted by Crippen LogP contribution is 2.40. The first-order chi connectivity index (χ1) is 9.81. The SMILES string of the molecule is Cl.Cl.O=C(CCC1CCNCC1)NCc1nc(C2CC2)cs1. The molecule has 7 heteroatoms. The summed E-state index contributed by atoms with van der Waals surface area (Å²) in [7, 11) is 0. The minimum atomic E-state index is 0. The number of aromatic nitrogens is 1. The summed E-state index contributed by atoms with van der Waals surface area (Å²) in [5.74, 6) is 1.60. The summed E-state index contributed by atoms with van der Waals surface area (Å²) in [6.45, 7) is 2.81. The third-order valence-corrected chi connectivity index (χ3v) is 5.11. The van der Waals surface area contributed by atoms with Crippen LogP contribution in [0.3, 0.4) is 0 Å². The second-order valence-corrected chi connectivity index (χ2v) is 6.89. The lowest BCUT2D eigenvalue weighted by Crippen LogP contribution is -2.29. The van der Waals surface area contributed by atoms with Crippen molar-refractivity contribution < 1.29 is 4.79 Å². The Morgan fingerprint density at radius 1 is 1.27 bits per heavy atom. The maximum atomic E-state index is 11.9. The van der Waals surface area contributed by atoms with Crippen LogP contribution in [0.5, 0.6) is 0 Å². The smallest absolute Gasteiger partial charge is 0.220 e. The summed E-state index contributed by atoms with van der Waals surface area (Å²) >= 11 is 1.67. The molecule has 3 rings (SSSR count). The van der Waals surface area contributed by atoms with Gasteiger partial charge in [-0.3, -0.25) is 4.79 Å². The molecule has 0 radical (unpaired) electrons. The molecule has 22 heavy (non-hydrogen) atoms. The van der Waals surface area contributed by atoms with Crippen molar-refractivity contribution in [3.63, 3.8) is 0 Å². The molecule has 0 spiro atoms. The molecule has 2 heterocycles. The van der Waals surface area contributed by atoms with Crippen LogP contribution in [-0.2, 0) is 11.3 Å². The summed E-state index contributed by atoms with van der Waals surface area (Å²) in [6.07, 6.45) is 6.68. The quantitative estimate of drug-likeness (QED) is 0.813. The molecule has 1 saturated heterocycles. The second-order valence-electron chi connectivity index (χ2n) is 5.95. The van der Waals surface area contributed by atoms with E-state index in [1.807, 2.05) is 0 Å². The molecule has 1 aliphatic heterocycles. The van der Waals surface area contributed by atoms with E-state index in [4.69, 9.17) is 0 Å². The van der Waals surface area contributed by atoms with Gasteiger partial charge in [-0.2, -0.15) is 0 Å². The predicted octanol–water partition coefficient (Wildman–Crippen LogP) is 3.26. The molecule has 126 valence electrons. The molecule has 1 aromatic heterocycles. The molecule has 0 unspecified atom stereocenters. The maximum Gasteiger partial charge on any atom is 0.220 e. The number of amides is 1. The number of piperidine rings is 1. The van der Waals surface area contributed by atoms with Crippen molar-refractivity contribution in [1.82, 2.24) is 15.6 Å². The number of hydrogen-bond donors (Lipinski definition) is 2. The molecule has 0 atom stereocenters. The maximum absolute atomic E-state index is 11.9. The van der Waals surface area contributed by atoms with Crippen LogP contribution in [0.2, 0.25) is 0 Å². The van der Waals surface area contributed by atoms with Gasteiger partial charge in [0.1, 0.15) is 5.01 Å². The van der Waals surface area contributed by atoms with Crippen molar-refractivity contribution in [2.24, 2.45) is 5.92 Å². The lowest BCUT2D eigenvalue weighted by atomic mass is 9.93. The first-order valence-electron chi connectivity index (χ1n) is 7.73. The molecular formula is C15H25Cl2N3OS. The second kappa shape index (κ2) is 9.71. The first-order valence-corrected chi connectivity index (χ1v) is 8.61. The van der Waals surface area contributed by atoms with E-state index >= 15 is 0 Å². The highest BCUT2D eigenvalue weighted by atomic mass is 35.5. The van der Waals surface area contributed by atoms with Gasteiger partial charge in [0.15, 0.2) is 0 Å². The molecular weight excluding hydrogens is 341 g/mol. The Bertz CT molecular complexity index is 459. The van der Waals surface area contributed by atoms with E-state index < -0.39 is 0 Å². The van der Waals surface area contributed by atoms with E-state index in [1.54, 1.807) is 11.3 Å². The predicted molar refractivity (Wildman–Crippen MR) is 95.3 cm³/mol. The van der Waals surface area contributed by atoms with Gasteiger partial charge in [-0.05, 0) is 51.1 Å². The largest absolute Gasteiger partial charge is 0.350 e. The number of nitrogens with zero attached hydrogens (tertiary/aromatic N) is 1. The van der Waals surface area contributed by atoms with E-state index in [1.165, 1.54) is 31.4 Å². The molecule has 1 aliphatic carbocycles. The number of nitrogens with one attached hydrogen (secondary N) is 2. The Morgan fingerprint density at radius 3 is 2.68 bits per heavy atom. The van der Waals surface area contributed by atoms with Crippen molar-refractivity contribution in [2.75, 3.05) is 13.1 Å². The Kier molecular flexibility index (Phi) is 8.69. The minimum absolute atomic E-state index is 0. The summed E-state index contributed by atoms with van der Waals surface area (Å²) < 4.78 is 0. The molecule has 0 bridgehead atoms. The van der Waals surface area contributed by atoms with Crippen LogP contribution in [0.1, 0.15) is 55.1 Å². The number of hydrogen-bond acceptors (Lipinski definition) is 4. The molecule has 2 N–H and O–H groups in total. The molecule has 4 nitrogen and oxygen atoms in total. The highest BCUT2D eigenvalue weighted by molar-refractivity contribution is 7.09. The van der Waals surface area contributed by atoms with Crippen LogP contribution in [0.4, 0.5) is 0 Å². The Hall–Kier alpha value is -0.360. The van der Waals surface area contributed by atoms with Crippen molar-refractivity contribution >= 4 is 42.1 Å². The fraction of sp³-hybridized carbons (Fsp3) is 0.733. The van der Waals surface area contributed by atoms with Gasteiger partial charge in [0, 0.05) is 17.7 Å². The van der Waals surface area contributed by atoms with E-state index in [2.05, 4.69) is 21.0 Å². The van der Waals surface area contributed by atoms with Gasteiger partial charge in [-0.25, -0.2) is 4.98 Å². The topological polar surface area (TPSA) is 54.0 Å². The molecule has 1 saturated carbocycles. The van der Waals surface area contributed by atoms with Gasteiger partial charge < -0.3 is 10.6 Å². The monoisotopic (exact) mass is 365 g/mol. The number of carbonyl (C=O) groups is 1. The van der Waals surface area contributed by atoms with Crippen LogP contribution in [-0.4, -0.2) is 24.0 Å². The average molecular weight is 366 g/mol. The van der Waals surface area contributed by atoms with E-state index in [0.29, 0.717) is 18.9 Å². The molecule has 2 fully saturated rings. The standard InChI is InChI=1S/C15H23N3OS.2ClH/c19-14(4-1-11-5-7-16-8-6-11)17-9-15-18-13(10-20-15)12-2-3-12;;/h10-12,16H,1-9H2,(H,17,19);2*1H. The van der Waals surface area contributed by atoms with Crippen LogP contribution in [0.25, 0.3) is 0 Å². The van der Waals surface area contributed by atoms with Gasteiger partial charge in [0.2, 0.25) is 5.91 Å². The van der Waals surface area contributed by atoms with Crippen LogP contribution >= 0.6 is 36.2 Å². The fourth-order valence-corrected chi connectivity index (χ4v) is 3.56. The zero-order valence-electron chi connectivity index (χ0n) is 12.7. The van der Waals surface area contributed by atoms with Crippen molar-refractivity contribution in [3.05, 3.63) is 16.1 Å². The van der Waals surface area contributed by atoms with Gasteiger partial charge in [0.05, 0.1) is 12.2 Å². The molecule has 0 aromatic carbocycles. The zero-order chi connectivity index (χ0) is 13.8. The number of halogens is 2. The summed E-state index contributed by atoms with van der Waals surface area (Å²) in [4.78, 5) is 16.5. The number of rotatable bonds is 6. The minimum Gasteiger partial charge on any atom is -0.350 e. The Balaban J connectivity index is 0.00000121.